The maximum absolute atomic E-state index is 13.0. The third-order valence-electron chi connectivity index (χ3n) is 2.76. The van der Waals surface area contributed by atoms with E-state index in [0.717, 1.165) is 11.8 Å². The van der Waals surface area contributed by atoms with Crippen LogP contribution in [0.1, 0.15) is 11.1 Å². The van der Waals surface area contributed by atoms with E-state index in [2.05, 4.69) is 5.16 Å². The van der Waals surface area contributed by atoms with Crippen LogP contribution in [0.15, 0.2) is 23.4 Å². The van der Waals surface area contributed by atoms with Gasteiger partial charge in [-0.05, 0) is 24.5 Å². The van der Waals surface area contributed by atoms with Gasteiger partial charge in [-0.1, -0.05) is 5.16 Å². The van der Waals surface area contributed by atoms with Crippen molar-refractivity contribution in [3.8, 4) is 0 Å². The van der Waals surface area contributed by atoms with Gasteiger partial charge in [-0.2, -0.15) is 24.9 Å². The van der Waals surface area contributed by atoms with Gasteiger partial charge in [0, 0.05) is 30.6 Å². The van der Waals surface area contributed by atoms with E-state index in [4.69, 9.17) is 10.9 Å². The van der Waals surface area contributed by atoms with Gasteiger partial charge in [0.25, 0.3) is 0 Å². The zero-order valence-corrected chi connectivity index (χ0v) is 11.9. The van der Waals surface area contributed by atoms with Gasteiger partial charge in [0.2, 0.25) is 0 Å². The molecule has 0 saturated carbocycles. The van der Waals surface area contributed by atoms with Crippen LogP contribution in [0.5, 0.6) is 0 Å². The summed E-state index contributed by atoms with van der Waals surface area (Å²) in [6.07, 6.45) is -2.64. The molecule has 1 rings (SSSR count). The zero-order chi connectivity index (χ0) is 15.3. The molecule has 0 radical (unpaired) electrons. The van der Waals surface area contributed by atoms with E-state index < -0.39 is 17.6 Å². The largest absolute Gasteiger partial charge is 0.417 e. The molecule has 20 heavy (non-hydrogen) atoms. The lowest BCUT2D eigenvalue weighted by atomic mass is 10.0. The van der Waals surface area contributed by atoms with Crippen molar-refractivity contribution in [2.75, 3.05) is 30.5 Å². The molecule has 3 N–H and O–H groups in total. The Labute approximate surface area is 119 Å². The number of hydrogen-bond acceptors (Lipinski definition) is 4. The monoisotopic (exact) mass is 307 g/mol. The minimum Gasteiger partial charge on any atom is -0.409 e. The van der Waals surface area contributed by atoms with Crippen LogP contribution in [0.3, 0.4) is 0 Å². The lowest BCUT2D eigenvalue weighted by Gasteiger charge is -2.21. The molecule has 0 spiro atoms. The molecule has 0 bridgehead atoms. The lowest BCUT2D eigenvalue weighted by Crippen LogP contribution is -2.23. The molecule has 0 aliphatic rings. The Balaban J connectivity index is 3.21. The predicted molar refractivity (Wildman–Crippen MR) is 75.6 cm³/mol. The molecule has 0 aliphatic heterocycles. The smallest absolute Gasteiger partial charge is 0.409 e. The molecule has 4 nitrogen and oxygen atoms in total. The third-order valence-corrected chi connectivity index (χ3v) is 3.35. The predicted octanol–water partition coefficient (Wildman–Crippen LogP) is 2.60. The third kappa shape index (κ3) is 3.96. The highest BCUT2D eigenvalue weighted by molar-refractivity contribution is 7.98. The van der Waals surface area contributed by atoms with Gasteiger partial charge < -0.3 is 15.8 Å². The first-order valence-electron chi connectivity index (χ1n) is 5.70. The molecule has 0 heterocycles. The van der Waals surface area contributed by atoms with Crippen LogP contribution in [0, 0.1) is 0 Å². The highest BCUT2D eigenvalue weighted by atomic mass is 32.2. The van der Waals surface area contributed by atoms with E-state index in [1.54, 1.807) is 23.7 Å². The number of nitrogens with zero attached hydrogens (tertiary/aromatic N) is 2. The average Bonchev–Trinajstić information content (AvgIpc) is 2.42. The summed E-state index contributed by atoms with van der Waals surface area (Å²) in [7, 11) is 1.72. The van der Waals surface area contributed by atoms with Crippen molar-refractivity contribution >= 4 is 23.3 Å². The van der Waals surface area contributed by atoms with Crippen molar-refractivity contribution in [3.05, 3.63) is 29.3 Å². The van der Waals surface area contributed by atoms with Crippen LogP contribution in [-0.4, -0.2) is 36.6 Å². The average molecular weight is 307 g/mol. The van der Waals surface area contributed by atoms with E-state index in [1.165, 1.54) is 12.1 Å². The first kappa shape index (κ1) is 16.5. The zero-order valence-electron chi connectivity index (χ0n) is 11.1. The number of halogens is 3. The summed E-state index contributed by atoms with van der Waals surface area (Å²) in [6.45, 7) is 0.626. The molecule has 0 unspecified atom stereocenters. The van der Waals surface area contributed by atoms with E-state index >= 15 is 0 Å². The number of anilines is 1. The van der Waals surface area contributed by atoms with Crippen molar-refractivity contribution < 1.29 is 18.4 Å². The van der Waals surface area contributed by atoms with Crippen molar-refractivity contribution in [2.24, 2.45) is 10.9 Å². The highest BCUT2D eigenvalue weighted by Gasteiger charge is 2.35. The Bertz CT molecular complexity index is 491. The summed E-state index contributed by atoms with van der Waals surface area (Å²) < 4.78 is 39.1. The van der Waals surface area contributed by atoms with Crippen LogP contribution in [0.2, 0.25) is 0 Å². The summed E-state index contributed by atoms with van der Waals surface area (Å²) in [6, 6.07) is 3.74. The van der Waals surface area contributed by atoms with Gasteiger partial charge in [0.1, 0.15) is 0 Å². The summed E-state index contributed by atoms with van der Waals surface area (Å²) in [4.78, 5) is 1.72. The Morgan fingerprint density at radius 2 is 2.10 bits per heavy atom. The normalized spacial score (nSPS) is 12.6. The van der Waals surface area contributed by atoms with Gasteiger partial charge in [-0.3, -0.25) is 0 Å². The van der Waals surface area contributed by atoms with Gasteiger partial charge in [-0.25, -0.2) is 0 Å². The maximum Gasteiger partial charge on any atom is 0.417 e. The number of hydrogen-bond donors (Lipinski definition) is 2. The van der Waals surface area contributed by atoms with E-state index in [9.17, 15) is 13.2 Å². The Morgan fingerprint density at radius 3 is 2.60 bits per heavy atom. The molecule has 1 aromatic carbocycles. The van der Waals surface area contributed by atoms with Crippen molar-refractivity contribution in [3.63, 3.8) is 0 Å². The number of alkyl halides is 3. The number of oxime groups is 1. The number of nitrogens with two attached hydrogens (primary N) is 1. The second-order valence-electron chi connectivity index (χ2n) is 4.13. The Kier molecular flexibility index (Phi) is 5.55. The molecule has 0 amide bonds. The van der Waals surface area contributed by atoms with E-state index in [1.807, 2.05) is 6.26 Å². The van der Waals surface area contributed by atoms with Crippen molar-refractivity contribution in [1.29, 1.82) is 0 Å². The van der Waals surface area contributed by atoms with Gasteiger partial charge in [-0.15, -0.1) is 0 Å². The first-order chi connectivity index (χ1) is 9.31. The molecule has 0 atom stereocenters. The molecule has 0 aromatic heterocycles. The summed E-state index contributed by atoms with van der Waals surface area (Å²) in [5, 5.41) is 11.2. The topological polar surface area (TPSA) is 61.8 Å². The van der Waals surface area contributed by atoms with Gasteiger partial charge in [0.15, 0.2) is 5.84 Å². The molecule has 0 fully saturated rings. The molecule has 8 heteroatoms. The molecule has 0 saturated heterocycles. The maximum atomic E-state index is 13.0. The quantitative estimate of drug-likeness (QED) is 0.380. The fraction of sp³-hybridized carbons (Fsp3) is 0.417. The molecule has 1 aromatic rings. The molecular weight excluding hydrogens is 291 g/mol. The Hall–Kier alpha value is -1.57. The van der Waals surface area contributed by atoms with E-state index in [0.29, 0.717) is 12.2 Å². The number of benzene rings is 1. The van der Waals surface area contributed by atoms with Crippen molar-refractivity contribution in [1.82, 2.24) is 0 Å². The fourth-order valence-electron chi connectivity index (χ4n) is 1.64. The SMILES string of the molecule is CSCCN(C)c1ccc(/C(N)=N/O)c(C(F)(F)F)c1. The first-order valence-corrected chi connectivity index (χ1v) is 7.10. The van der Waals surface area contributed by atoms with Gasteiger partial charge in [0.05, 0.1) is 5.56 Å². The number of thioether (sulfide) groups is 1. The summed E-state index contributed by atoms with van der Waals surface area (Å²) >= 11 is 1.61. The van der Waals surface area contributed by atoms with E-state index in [-0.39, 0.29) is 5.56 Å². The standard InChI is InChI=1S/C12H16F3N3OS/c1-18(5-6-20-2)8-3-4-9(11(16)17-19)10(7-8)12(13,14)15/h3-4,7,19H,5-6H2,1-2H3,(H2,16,17). The van der Waals surface area contributed by atoms with Crippen LogP contribution in [0.25, 0.3) is 0 Å². The number of amidine groups is 1. The lowest BCUT2D eigenvalue weighted by molar-refractivity contribution is -0.137. The van der Waals surface area contributed by atoms with Crippen LogP contribution in [-0.2, 0) is 6.18 Å². The van der Waals surface area contributed by atoms with Crippen LogP contribution < -0.4 is 10.6 Å². The Morgan fingerprint density at radius 1 is 1.45 bits per heavy atom. The van der Waals surface area contributed by atoms with Gasteiger partial charge >= 0.3 is 6.18 Å². The minimum atomic E-state index is -4.57. The number of rotatable bonds is 5. The molecule has 112 valence electrons. The summed E-state index contributed by atoms with van der Waals surface area (Å²) in [5.41, 5.74) is 4.47. The van der Waals surface area contributed by atoms with Crippen LogP contribution in [0.4, 0.5) is 18.9 Å². The second kappa shape index (κ2) is 6.74. The second-order valence-corrected chi connectivity index (χ2v) is 5.11. The fourth-order valence-corrected chi connectivity index (χ4v) is 2.10. The van der Waals surface area contributed by atoms with Crippen molar-refractivity contribution in [2.45, 2.75) is 6.18 Å². The summed E-state index contributed by atoms with van der Waals surface area (Å²) in [5.74, 6) is 0.246. The van der Waals surface area contributed by atoms with Crippen LogP contribution >= 0.6 is 11.8 Å². The molecule has 0 aliphatic carbocycles. The minimum absolute atomic E-state index is 0.331. The highest BCUT2D eigenvalue weighted by Crippen LogP contribution is 2.34. The molecular formula is C12H16F3N3OS.